The molecule has 252 valence electrons. The molecule has 10 heteroatoms. The zero-order valence-electron chi connectivity index (χ0n) is 26.9. The number of fused-ring (bicyclic) bond motifs is 5. The highest BCUT2D eigenvalue weighted by atomic mass is 35.5. The molecule has 6 atom stereocenters. The molecule has 2 aliphatic carbocycles. The zero-order valence-corrected chi connectivity index (χ0v) is 27.6. The molecule has 0 bridgehead atoms. The van der Waals surface area contributed by atoms with E-state index in [2.05, 4.69) is 0 Å². The molecule has 2 N–H and O–H groups in total. The van der Waals surface area contributed by atoms with Crippen molar-refractivity contribution in [3.8, 4) is 5.75 Å². The first kappa shape index (κ1) is 32.0. The molecule has 0 radical (unpaired) electrons. The first-order valence-electron chi connectivity index (χ1n) is 16.8. The van der Waals surface area contributed by atoms with E-state index in [4.69, 9.17) is 11.6 Å². The minimum absolute atomic E-state index is 0.00237. The summed E-state index contributed by atoms with van der Waals surface area (Å²) in [7, 11) is 0. The van der Waals surface area contributed by atoms with Crippen molar-refractivity contribution >= 4 is 57.7 Å². The van der Waals surface area contributed by atoms with E-state index in [1.807, 2.05) is 54.6 Å². The monoisotopic (exact) mass is 688 g/mol. The Morgan fingerprint density at radius 1 is 0.840 bits per heavy atom. The molecule has 8 rings (SSSR count). The predicted molar refractivity (Wildman–Crippen MR) is 185 cm³/mol. The summed E-state index contributed by atoms with van der Waals surface area (Å²) in [5.41, 5.74) is 1.09. The molecule has 3 fully saturated rings. The van der Waals surface area contributed by atoms with Crippen LogP contribution in [0.4, 0.5) is 5.69 Å². The minimum Gasteiger partial charge on any atom is -0.507 e. The number of likely N-dealkylation sites (tertiary alicyclic amines) is 1. The fourth-order valence-electron chi connectivity index (χ4n) is 9.32. The number of rotatable bonds is 7. The number of anilines is 1. The van der Waals surface area contributed by atoms with Gasteiger partial charge in [-0.3, -0.25) is 28.9 Å². The van der Waals surface area contributed by atoms with Gasteiger partial charge in [-0.15, -0.1) is 0 Å². The van der Waals surface area contributed by atoms with E-state index in [-0.39, 0.29) is 49.8 Å². The number of carbonyl (C=O) groups excluding carboxylic acids is 4. The molecule has 4 aliphatic rings. The number of phenolic OH excluding ortho intramolecular Hbond substituents is 1. The first-order chi connectivity index (χ1) is 24.1. The molecule has 9 nitrogen and oxygen atoms in total. The van der Waals surface area contributed by atoms with Crippen molar-refractivity contribution in [3.63, 3.8) is 0 Å². The summed E-state index contributed by atoms with van der Waals surface area (Å²) in [6, 6.07) is 26.7. The number of aliphatic carboxylic acids is 1. The average Bonchev–Trinajstić information content (AvgIpc) is 3.49. The third-order valence-corrected chi connectivity index (χ3v) is 11.5. The van der Waals surface area contributed by atoms with Gasteiger partial charge in [-0.2, -0.15) is 0 Å². The fraction of sp³-hybridized carbons (Fsp3) is 0.275. The van der Waals surface area contributed by atoms with Crippen LogP contribution in [0.25, 0.3) is 10.8 Å². The summed E-state index contributed by atoms with van der Waals surface area (Å²) in [5, 5.41) is 21.8. The lowest BCUT2D eigenvalue weighted by molar-refractivity contribution is -0.142. The average molecular weight is 689 g/mol. The normalized spacial score (nSPS) is 27.3. The Hall–Kier alpha value is -5.28. The van der Waals surface area contributed by atoms with Crippen molar-refractivity contribution in [3.05, 3.63) is 119 Å². The maximum atomic E-state index is 15.4. The van der Waals surface area contributed by atoms with Gasteiger partial charge in [0.05, 0.1) is 28.9 Å². The van der Waals surface area contributed by atoms with Crippen LogP contribution in [-0.4, -0.2) is 51.3 Å². The van der Waals surface area contributed by atoms with Crippen LogP contribution in [0.3, 0.4) is 0 Å². The summed E-state index contributed by atoms with van der Waals surface area (Å²) < 4.78 is 0. The summed E-state index contributed by atoms with van der Waals surface area (Å²) >= 11 is 6.40. The maximum absolute atomic E-state index is 15.4. The second-order valence-corrected chi connectivity index (χ2v) is 14.1. The lowest BCUT2D eigenvalue weighted by atomic mass is 9.49. The smallest absolute Gasteiger partial charge is 0.303 e. The number of hydrogen-bond acceptors (Lipinski definition) is 6. The van der Waals surface area contributed by atoms with E-state index in [0.29, 0.717) is 27.0 Å². The minimum atomic E-state index is -1.44. The van der Waals surface area contributed by atoms with Crippen molar-refractivity contribution in [1.29, 1.82) is 0 Å². The van der Waals surface area contributed by atoms with Crippen molar-refractivity contribution < 1.29 is 34.2 Å². The van der Waals surface area contributed by atoms with Crippen LogP contribution in [0.15, 0.2) is 103 Å². The van der Waals surface area contributed by atoms with Crippen LogP contribution in [0.5, 0.6) is 5.75 Å². The Bertz CT molecular complexity index is 2150. The molecule has 1 saturated carbocycles. The molecule has 50 heavy (non-hydrogen) atoms. The number of nitrogens with zero attached hydrogens (tertiary/aromatic N) is 2. The number of halogens is 1. The van der Waals surface area contributed by atoms with Gasteiger partial charge in [-0.05, 0) is 66.0 Å². The molecule has 4 aromatic carbocycles. The molecular formula is C40H33ClN2O7. The molecular weight excluding hydrogens is 656 g/mol. The Kier molecular flexibility index (Phi) is 7.64. The molecule has 2 heterocycles. The third kappa shape index (κ3) is 4.56. The van der Waals surface area contributed by atoms with Crippen LogP contribution in [0, 0.1) is 23.7 Å². The number of aromatic hydroxyl groups is 1. The quantitative estimate of drug-likeness (QED) is 0.174. The van der Waals surface area contributed by atoms with Gasteiger partial charge in [-0.1, -0.05) is 90.0 Å². The number of carbonyl (C=O) groups is 5. The van der Waals surface area contributed by atoms with E-state index in [0.717, 1.165) is 11.1 Å². The lowest BCUT2D eigenvalue weighted by Crippen LogP contribution is -2.53. The number of carboxylic acids is 1. The van der Waals surface area contributed by atoms with Crippen LogP contribution in [-0.2, 0) is 29.4 Å². The van der Waals surface area contributed by atoms with E-state index < -0.39 is 52.8 Å². The van der Waals surface area contributed by atoms with E-state index in [1.165, 1.54) is 9.80 Å². The number of amides is 4. The molecule has 0 unspecified atom stereocenters. The second-order valence-electron chi connectivity index (χ2n) is 13.6. The van der Waals surface area contributed by atoms with E-state index in [1.54, 1.807) is 42.5 Å². The highest BCUT2D eigenvalue weighted by Crippen LogP contribution is 2.65. The van der Waals surface area contributed by atoms with E-state index in [9.17, 15) is 29.4 Å². The van der Waals surface area contributed by atoms with Gasteiger partial charge in [0.1, 0.15) is 5.75 Å². The maximum Gasteiger partial charge on any atom is 0.303 e. The standard InChI is InChI=1S/C40H33ClN2O7/c41-23-10-6-11-24(20-23)43-37(48)31-21-30-28(15-16-29-34(30)38(49)42(36(29)47)19-7-14-33(45)46)35(40(31,39(43)50)22-8-2-1-3-9-22)27-17-18-32(44)26-13-5-4-12-25(26)27/h1-6,8-13,15,17-18,20,29-31,34-35,44H,7,14,16,19,21H2,(H,45,46)/t29-,30+,31-,34-,35-,40+/m0/s1. The Morgan fingerprint density at radius 3 is 2.32 bits per heavy atom. The van der Waals surface area contributed by atoms with Gasteiger partial charge in [0.2, 0.25) is 23.6 Å². The van der Waals surface area contributed by atoms with Crippen LogP contribution < -0.4 is 4.90 Å². The van der Waals surface area contributed by atoms with Gasteiger partial charge in [0.15, 0.2) is 0 Å². The van der Waals surface area contributed by atoms with Gasteiger partial charge in [0, 0.05) is 29.3 Å². The number of allylic oxidation sites excluding steroid dienone is 2. The Balaban J connectivity index is 1.37. The lowest BCUT2D eigenvalue weighted by Gasteiger charge is -2.51. The number of carboxylic acid groups (broad SMARTS) is 1. The van der Waals surface area contributed by atoms with Crippen LogP contribution >= 0.6 is 11.6 Å². The third-order valence-electron chi connectivity index (χ3n) is 11.3. The second kappa shape index (κ2) is 11.9. The molecule has 4 aromatic rings. The summed E-state index contributed by atoms with van der Waals surface area (Å²) in [6.45, 7) is 0.00237. The number of imide groups is 2. The fourth-order valence-corrected chi connectivity index (χ4v) is 9.51. The molecule has 0 aromatic heterocycles. The molecule has 2 saturated heterocycles. The largest absolute Gasteiger partial charge is 0.507 e. The topological polar surface area (TPSA) is 132 Å². The number of benzene rings is 4. The zero-order chi connectivity index (χ0) is 34.9. The SMILES string of the molecule is O=C(O)CCCN1C(=O)[C@H]2[C@H](CC=C3[C@H]2C[C@H]2C(=O)N(c4cccc(Cl)c4)C(=O)[C@@]2(c2ccccc2)[C@H]3c2ccc(O)c3ccccc23)C1=O. The number of phenols is 1. The Labute approximate surface area is 292 Å². The van der Waals surface area contributed by atoms with E-state index >= 15 is 4.79 Å². The van der Waals surface area contributed by atoms with Crippen LogP contribution in [0.2, 0.25) is 5.02 Å². The van der Waals surface area contributed by atoms with Gasteiger partial charge in [0.25, 0.3) is 0 Å². The molecule has 4 amide bonds. The highest BCUT2D eigenvalue weighted by molar-refractivity contribution is 6.32. The van der Waals surface area contributed by atoms with Gasteiger partial charge in [-0.25, -0.2) is 4.90 Å². The molecule has 0 spiro atoms. The summed E-state index contributed by atoms with van der Waals surface area (Å²) in [5.74, 6) is -6.09. The number of hydrogen-bond donors (Lipinski definition) is 2. The van der Waals surface area contributed by atoms with Crippen LogP contribution in [0.1, 0.15) is 42.7 Å². The highest BCUT2D eigenvalue weighted by Gasteiger charge is 2.70. The molecule has 2 aliphatic heterocycles. The van der Waals surface area contributed by atoms with Gasteiger partial charge >= 0.3 is 5.97 Å². The summed E-state index contributed by atoms with van der Waals surface area (Å²) in [4.78, 5) is 71.9. The predicted octanol–water partition coefficient (Wildman–Crippen LogP) is 6.23. The van der Waals surface area contributed by atoms with Crippen molar-refractivity contribution in [2.45, 2.75) is 37.0 Å². The summed E-state index contributed by atoms with van der Waals surface area (Å²) in [6.07, 6.45) is 2.37. The van der Waals surface area contributed by atoms with Crippen molar-refractivity contribution in [2.24, 2.45) is 23.7 Å². The van der Waals surface area contributed by atoms with Crippen molar-refractivity contribution in [2.75, 3.05) is 11.4 Å². The Morgan fingerprint density at radius 2 is 1.58 bits per heavy atom. The first-order valence-corrected chi connectivity index (χ1v) is 17.2. The van der Waals surface area contributed by atoms with Crippen molar-refractivity contribution in [1.82, 2.24) is 4.90 Å². The van der Waals surface area contributed by atoms with Gasteiger partial charge < -0.3 is 10.2 Å².